The molecule has 0 amide bonds. The molecule has 3 rings (SSSR count). The first-order chi connectivity index (χ1) is 11.1. The molecule has 0 aliphatic rings. The van der Waals surface area contributed by atoms with Gasteiger partial charge in [-0.25, -0.2) is 4.79 Å². The second-order valence-corrected chi connectivity index (χ2v) is 4.35. The topological polar surface area (TPSA) is 104 Å². The predicted octanol–water partition coefficient (Wildman–Crippen LogP) is 0.306. The van der Waals surface area contributed by atoms with Crippen molar-refractivity contribution in [2.45, 2.75) is 6.61 Å². The minimum absolute atomic E-state index is 0.0879. The van der Waals surface area contributed by atoms with E-state index in [1.165, 1.54) is 13.2 Å². The Hall–Kier alpha value is -3.23. The van der Waals surface area contributed by atoms with Crippen LogP contribution in [0.25, 0.3) is 11.8 Å². The van der Waals surface area contributed by atoms with E-state index in [9.17, 15) is 4.79 Å². The van der Waals surface area contributed by atoms with Gasteiger partial charge < -0.3 is 4.74 Å². The van der Waals surface area contributed by atoms with E-state index in [0.717, 1.165) is 14.5 Å². The van der Waals surface area contributed by atoms with Crippen LogP contribution >= 0.6 is 0 Å². The molecule has 0 bridgehead atoms. The van der Waals surface area contributed by atoms with E-state index in [2.05, 4.69) is 27.1 Å². The molecule has 0 fully saturated rings. The summed E-state index contributed by atoms with van der Waals surface area (Å²) in [5.41, 5.74) is 1.29. The van der Waals surface area contributed by atoms with Crippen LogP contribution in [0.3, 0.4) is 0 Å². The fourth-order valence-corrected chi connectivity index (χ4v) is 1.93. The summed E-state index contributed by atoms with van der Waals surface area (Å²) in [5, 5.41) is 12.2. The number of aromatic amines is 1. The average molecular weight is 301 g/mol. The van der Waals surface area contributed by atoms with Crippen molar-refractivity contribution in [2.75, 3.05) is 0 Å². The quantitative estimate of drug-likeness (QED) is 0.727. The number of hydrogen-bond donors (Lipinski definition) is 1. The van der Waals surface area contributed by atoms with Gasteiger partial charge in [0.2, 0.25) is 5.88 Å². The van der Waals surface area contributed by atoms with E-state index in [-0.39, 0.29) is 18.2 Å². The molecule has 3 aromatic heterocycles. The monoisotopic (exact) mass is 301 g/mol. The van der Waals surface area contributed by atoms with Gasteiger partial charge in [0.25, 0.3) is 0 Å². The van der Waals surface area contributed by atoms with E-state index in [1.807, 2.05) is 0 Å². The largest absolute Gasteiger partial charge is 0.472 e. The minimum atomic E-state index is -0.386. The van der Waals surface area contributed by atoms with Crippen LogP contribution in [-0.4, -0.2) is 35.0 Å². The van der Waals surface area contributed by atoms with Gasteiger partial charge in [-0.1, -0.05) is 6.58 Å². The molecule has 0 aliphatic carbocycles. The molecule has 0 atom stereocenters. The van der Waals surface area contributed by atoms with Crippen LogP contribution in [0.1, 0.15) is 11.3 Å². The van der Waals surface area contributed by atoms with Crippen molar-refractivity contribution in [2.24, 2.45) is 7.05 Å². The molecule has 0 spiro atoms. The Kier molecular flexibility index (Phi) is 3.21. The number of aryl methyl sites for hydroxylation is 1. The number of H-pyrrole nitrogens is 1. The van der Waals surface area contributed by atoms with Gasteiger partial charge in [-0.2, -0.15) is 9.36 Å². The molecule has 0 aliphatic heterocycles. The van der Waals surface area contributed by atoms with E-state index in [4.69, 9.17) is 6.15 Å². The van der Waals surface area contributed by atoms with Crippen LogP contribution in [0, 0.1) is 0 Å². The Morgan fingerprint density at radius 1 is 1.50 bits per heavy atom. The fraction of sp³-hybridized carbons (Fsp3) is 0.154. The second kappa shape index (κ2) is 5.64. The van der Waals surface area contributed by atoms with E-state index < -0.39 is 0 Å². The number of tetrazole rings is 1. The molecule has 9 heteroatoms. The molecule has 3 aromatic rings. The number of nitrogens with zero attached hydrogens (tertiary/aromatic N) is 6. The molecule has 0 unspecified atom stereocenters. The lowest BCUT2D eigenvalue weighted by Crippen LogP contribution is -2.23. The molecule has 112 valence electrons. The average Bonchev–Trinajstić information content (AvgIpc) is 3.11. The van der Waals surface area contributed by atoms with Crippen LogP contribution in [0.2, 0.25) is 1.41 Å². The Balaban J connectivity index is 2.01. The molecule has 0 aromatic carbocycles. The standard InChI is InChI=1S/C13H13N7O2/c1-3-10-9(8-22-12-5-7-15-16-12)11(4-6-14-10)20-13(21)19(2)17-18-20/h3-7H,1,8H2,2H3,(H,15,16)/i/hT. The van der Waals surface area contributed by atoms with Crippen molar-refractivity contribution in [3.8, 4) is 11.6 Å². The van der Waals surface area contributed by atoms with Crippen molar-refractivity contribution in [1.82, 2.24) is 35.0 Å². The SMILES string of the molecule is [3H]n1ccc(OCc2c(-n3nnn(C)c3=O)ccnc2C=C)n1. The second-order valence-electron chi connectivity index (χ2n) is 4.35. The highest BCUT2D eigenvalue weighted by molar-refractivity contribution is 5.54. The first-order valence-electron chi connectivity index (χ1n) is 6.82. The summed E-state index contributed by atoms with van der Waals surface area (Å²) in [7, 11) is 1.51. The molecule has 0 saturated heterocycles. The maximum atomic E-state index is 12.1. The summed E-state index contributed by atoms with van der Waals surface area (Å²) in [4.78, 5) is 16.3. The van der Waals surface area contributed by atoms with Crippen molar-refractivity contribution >= 4 is 6.08 Å². The molecular weight excluding hydrogens is 286 g/mol. The summed E-state index contributed by atoms with van der Waals surface area (Å²) in [6.07, 6.45) is 4.56. The van der Waals surface area contributed by atoms with Gasteiger partial charge in [-0.3, -0.25) is 10.1 Å². The third kappa shape index (κ3) is 2.39. The Morgan fingerprint density at radius 2 is 2.36 bits per heavy atom. The predicted molar refractivity (Wildman–Crippen MR) is 77.4 cm³/mol. The van der Waals surface area contributed by atoms with Crippen molar-refractivity contribution < 1.29 is 6.15 Å². The number of rotatable bonds is 5. The first-order valence-corrected chi connectivity index (χ1v) is 6.37. The highest BCUT2D eigenvalue weighted by atomic mass is 16.5. The van der Waals surface area contributed by atoms with Crippen LogP contribution in [0.4, 0.5) is 0 Å². The zero-order chi connectivity index (χ0) is 16.4. The molecule has 0 radical (unpaired) electrons. The van der Waals surface area contributed by atoms with Gasteiger partial charge in [0, 0.05) is 31.1 Å². The van der Waals surface area contributed by atoms with E-state index in [1.54, 1.807) is 24.4 Å². The molecule has 22 heavy (non-hydrogen) atoms. The summed E-state index contributed by atoms with van der Waals surface area (Å²) in [6, 6.07) is 3.20. The highest BCUT2D eigenvalue weighted by Gasteiger charge is 2.15. The lowest BCUT2D eigenvalue weighted by molar-refractivity contribution is 0.292. The van der Waals surface area contributed by atoms with Gasteiger partial charge in [-0.15, -0.1) is 5.10 Å². The number of pyridine rings is 1. The van der Waals surface area contributed by atoms with Gasteiger partial charge in [0.15, 0.2) is 1.41 Å². The maximum absolute atomic E-state index is 12.1. The van der Waals surface area contributed by atoms with Gasteiger partial charge in [0.05, 0.1) is 11.4 Å². The van der Waals surface area contributed by atoms with Crippen LogP contribution in [-0.2, 0) is 13.7 Å². The van der Waals surface area contributed by atoms with Crippen LogP contribution in [0.15, 0.2) is 35.9 Å². The van der Waals surface area contributed by atoms with E-state index in [0.29, 0.717) is 16.9 Å². The summed E-state index contributed by atoms with van der Waals surface area (Å²) in [6.45, 7) is 3.80. The first kappa shape index (κ1) is 12.5. The molecular formula is C13H13N7O2. The molecule has 9 nitrogen and oxygen atoms in total. The Bertz CT molecular complexity index is 911. The van der Waals surface area contributed by atoms with Crippen molar-refractivity contribution in [3.05, 3.63) is 52.8 Å². The number of aromatic nitrogens is 7. The van der Waals surface area contributed by atoms with Crippen molar-refractivity contribution in [1.29, 1.82) is 0 Å². The third-order valence-electron chi connectivity index (χ3n) is 3.01. The van der Waals surface area contributed by atoms with Gasteiger partial charge >= 0.3 is 5.69 Å². The van der Waals surface area contributed by atoms with Crippen molar-refractivity contribution in [3.63, 3.8) is 0 Å². The number of nitrogens with one attached hydrogen (secondary N) is 1. The van der Waals surface area contributed by atoms with Gasteiger partial charge in [0.1, 0.15) is 6.61 Å². The Morgan fingerprint density at radius 3 is 3.00 bits per heavy atom. The molecule has 3 heterocycles. The van der Waals surface area contributed by atoms with E-state index >= 15 is 0 Å². The molecule has 1 N–H and O–H groups in total. The fourth-order valence-electron chi connectivity index (χ4n) is 1.93. The number of ether oxygens (including phenoxy) is 1. The third-order valence-corrected chi connectivity index (χ3v) is 3.01. The number of hydrogen-bond acceptors (Lipinski definition) is 6. The zero-order valence-electron chi connectivity index (χ0n) is 12.7. The lowest BCUT2D eigenvalue weighted by Gasteiger charge is -2.11. The highest BCUT2D eigenvalue weighted by Crippen LogP contribution is 2.18. The zero-order valence-corrected chi connectivity index (χ0v) is 11.7. The smallest absolute Gasteiger partial charge is 0.368 e. The Labute approximate surface area is 126 Å². The normalized spacial score (nSPS) is 11.2. The van der Waals surface area contributed by atoms with Crippen LogP contribution < -0.4 is 10.4 Å². The lowest BCUT2D eigenvalue weighted by atomic mass is 10.1. The minimum Gasteiger partial charge on any atom is -0.472 e. The molecule has 0 saturated carbocycles. The summed E-state index contributed by atoms with van der Waals surface area (Å²) >= 11 is 0. The van der Waals surface area contributed by atoms with Gasteiger partial charge in [-0.05, 0) is 22.6 Å². The summed E-state index contributed by atoms with van der Waals surface area (Å²) in [5.74, 6) is 0.288. The maximum Gasteiger partial charge on any atom is 0.368 e. The van der Waals surface area contributed by atoms with Crippen LogP contribution in [0.5, 0.6) is 5.88 Å². The summed E-state index contributed by atoms with van der Waals surface area (Å²) < 4.78 is 15.2.